The minimum Gasteiger partial charge on any atom is -0.508 e. The number of carbonyl (C=O) groups is 1. The second kappa shape index (κ2) is 6.96. The van der Waals surface area contributed by atoms with Crippen LogP contribution in [0, 0.1) is 6.92 Å². The first kappa shape index (κ1) is 14.4. The normalized spacial score (nSPS) is 10.1. The van der Waals surface area contributed by atoms with Gasteiger partial charge in [-0.05, 0) is 38.3 Å². The summed E-state index contributed by atoms with van der Waals surface area (Å²) >= 11 is 4.77. The molecule has 0 heterocycles. The highest BCUT2D eigenvalue weighted by Crippen LogP contribution is 2.19. The van der Waals surface area contributed by atoms with Crippen LogP contribution in [0.5, 0.6) is 5.75 Å². The Morgan fingerprint density at radius 2 is 2.17 bits per heavy atom. The molecule has 5 heteroatoms. The van der Waals surface area contributed by atoms with Crippen LogP contribution in [-0.2, 0) is 0 Å². The number of amides is 1. The van der Waals surface area contributed by atoms with Gasteiger partial charge in [-0.3, -0.25) is 4.79 Å². The van der Waals surface area contributed by atoms with E-state index < -0.39 is 0 Å². The third kappa shape index (κ3) is 4.33. The summed E-state index contributed by atoms with van der Waals surface area (Å²) in [6, 6.07) is 4.91. The summed E-state index contributed by atoms with van der Waals surface area (Å²) in [5.41, 5.74) is 6.48. The summed E-state index contributed by atoms with van der Waals surface area (Å²) in [7, 11) is 0. The van der Waals surface area contributed by atoms with E-state index in [4.69, 9.17) is 18.0 Å². The third-order valence-corrected chi connectivity index (χ3v) is 2.89. The van der Waals surface area contributed by atoms with E-state index in [-0.39, 0.29) is 11.7 Å². The number of nitrogens with one attached hydrogen (secondary N) is 1. The van der Waals surface area contributed by atoms with Gasteiger partial charge in [0.1, 0.15) is 5.75 Å². The second-order valence-corrected chi connectivity index (χ2v) is 4.65. The van der Waals surface area contributed by atoms with Gasteiger partial charge in [-0.15, -0.1) is 0 Å². The second-order valence-electron chi connectivity index (χ2n) is 4.13. The fourth-order valence-corrected chi connectivity index (χ4v) is 1.74. The van der Waals surface area contributed by atoms with Gasteiger partial charge in [-0.25, -0.2) is 0 Å². The predicted molar refractivity (Wildman–Crippen MR) is 75.8 cm³/mol. The lowest BCUT2D eigenvalue weighted by Gasteiger charge is -2.08. The van der Waals surface area contributed by atoms with E-state index in [0.717, 1.165) is 12.8 Å². The molecule has 0 bridgehead atoms. The highest BCUT2D eigenvalue weighted by atomic mass is 32.1. The first-order chi connectivity index (χ1) is 8.52. The number of carbonyl (C=O) groups excluding carboxylic acids is 1. The Morgan fingerprint density at radius 3 is 2.83 bits per heavy atom. The van der Waals surface area contributed by atoms with E-state index in [1.165, 1.54) is 0 Å². The Morgan fingerprint density at radius 1 is 1.44 bits per heavy atom. The number of nitrogens with two attached hydrogens (primary N) is 1. The van der Waals surface area contributed by atoms with Crippen LogP contribution in [0.3, 0.4) is 0 Å². The number of thiocarbonyl (C=S) groups is 1. The van der Waals surface area contributed by atoms with E-state index in [9.17, 15) is 9.90 Å². The Bertz CT molecular complexity index is 447. The first-order valence-electron chi connectivity index (χ1n) is 5.87. The lowest BCUT2D eigenvalue weighted by molar-refractivity contribution is 0.0952. The van der Waals surface area contributed by atoms with Gasteiger partial charge in [-0.1, -0.05) is 18.3 Å². The molecule has 0 saturated heterocycles. The molecule has 0 aliphatic rings. The SMILES string of the molecule is Cc1c(O)cccc1C(=O)NCCCCC(N)=S. The van der Waals surface area contributed by atoms with Gasteiger partial charge in [-0.2, -0.15) is 0 Å². The summed E-state index contributed by atoms with van der Waals surface area (Å²) in [5, 5.41) is 12.3. The lowest BCUT2D eigenvalue weighted by atomic mass is 10.1. The minimum atomic E-state index is -0.168. The van der Waals surface area contributed by atoms with Crippen LogP contribution < -0.4 is 11.1 Å². The standard InChI is InChI=1S/C13H18N2O2S/c1-9-10(5-4-6-11(9)16)13(17)15-8-3-2-7-12(14)18/h4-6,16H,2-3,7-8H2,1H3,(H2,14,18)(H,15,17). The molecule has 0 atom stereocenters. The average Bonchev–Trinajstić information content (AvgIpc) is 2.31. The summed E-state index contributed by atoms with van der Waals surface area (Å²) in [6.07, 6.45) is 2.41. The molecule has 0 fully saturated rings. The van der Waals surface area contributed by atoms with Crippen LogP contribution in [0.4, 0.5) is 0 Å². The minimum absolute atomic E-state index is 0.135. The fourth-order valence-electron chi connectivity index (χ4n) is 1.59. The van der Waals surface area contributed by atoms with Crippen LogP contribution in [0.25, 0.3) is 0 Å². The Hall–Kier alpha value is -1.62. The Kier molecular flexibility index (Phi) is 5.58. The topological polar surface area (TPSA) is 75.3 Å². The summed E-state index contributed by atoms with van der Waals surface area (Å²) in [4.78, 5) is 12.3. The van der Waals surface area contributed by atoms with Crippen molar-refractivity contribution in [1.82, 2.24) is 5.32 Å². The van der Waals surface area contributed by atoms with Crippen molar-refractivity contribution < 1.29 is 9.90 Å². The van der Waals surface area contributed by atoms with Crippen molar-refractivity contribution in [3.05, 3.63) is 29.3 Å². The third-order valence-electron chi connectivity index (χ3n) is 2.69. The average molecular weight is 266 g/mol. The number of hydrogen-bond acceptors (Lipinski definition) is 3. The molecule has 0 aliphatic carbocycles. The first-order valence-corrected chi connectivity index (χ1v) is 6.28. The Balaban J connectivity index is 2.41. The maximum Gasteiger partial charge on any atom is 0.251 e. The molecular formula is C13H18N2O2S. The van der Waals surface area contributed by atoms with Gasteiger partial charge in [0.05, 0.1) is 4.99 Å². The van der Waals surface area contributed by atoms with Crippen molar-refractivity contribution >= 4 is 23.1 Å². The molecule has 0 saturated carbocycles. The molecule has 0 radical (unpaired) electrons. The quantitative estimate of drug-likeness (QED) is 0.543. The zero-order chi connectivity index (χ0) is 13.5. The van der Waals surface area contributed by atoms with Crippen molar-refractivity contribution in [2.24, 2.45) is 5.73 Å². The van der Waals surface area contributed by atoms with Crippen LogP contribution in [0.2, 0.25) is 0 Å². The number of aromatic hydroxyl groups is 1. The highest BCUT2D eigenvalue weighted by molar-refractivity contribution is 7.80. The molecule has 1 aromatic rings. The molecular weight excluding hydrogens is 248 g/mol. The van der Waals surface area contributed by atoms with E-state index in [1.54, 1.807) is 25.1 Å². The van der Waals surface area contributed by atoms with Crippen LogP contribution in [0.1, 0.15) is 35.2 Å². The summed E-state index contributed by atoms with van der Waals surface area (Å²) in [5.74, 6) is -0.0325. The van der Waals surface area contributed by atoms with Gasteiger partial charge >= 0.3 is 0 Å². The monoisotopic (exact) mass is 266 g/mol. The summed E-state index contributed by atoms with van der Waals surface area (Å²) in [6.45, 7) is 2.30. The van der Waals surface area contributed by atoms with Crippen molar-refractivity contribution in [2.45, 2.75) is 26.2 Å². The predicted octanol–water partition coefficient (Wildman–Crippen LogP) is 1.89. The molecule has 0 unspecified atom stereocenters. The molecule has 98 valence electrons. The van der Waals surface area contributed by atoms with Gasteiger partial charge in [0.25, 0.3) is 5.91 Å². The molecule has 4 nitrogen and oxygen atoms in total. The van der Waals surface area contributed by atoms with E-state index in [1.807, 2.05) is 0 Å². The summed E-state index contributed by atoms with van der Waals surface area (Å²) < 4.78 is 0. The van der Waals surface area contributed by atoms with Crippen molar-refractivity contribution in [3.8, 4) is 5.75 Å². The number of benzene rings is 1. The molecule has 4 N–H and O–H groups in total. The number of phenols is 1. The number of rotatable bonds is 6. The van der Waals surface area contributed by atoms with Crippen molar-refractivity contribution in [3.63, 3.8) is 0 Å². The molecule has 0 spiro atoms. The molecule has 0 aromatic heterocycles. The van der Waals surface area contributed by atoms with E-state index in [2.05, 4.69) is 5.32 Å². The van der Waals surface area contributed by atoms with Crippen LogP contribution in [-0.4, -0.2) is 22.5 Å². The molecule has 1 rings (SSSR count). The van der Waals surface area contributed by atoms with Gasteiger partial charge in [0, 0.05) is 17.7 Å². The Labute approximate surface area is 112 Å². The van der Waals surface area contributed by atoms with Gasteiger partial charge in [0.2, 0.25) is 0 Å². The number of unbranched alkanes of at least 4 members (excludes halogenated alkanes) is 1. The van der Waals surface area contributed by atoms with Crippen molar-refractivity contribution in [1.29, 1.82) is 0 Å². The van der Waals surface area contributed by atoms with Gasteiger partial charge in [0.15, 0.2) is 0 Å². The zero-order valence-electron chi connectivity index (χ0n) is 10.4. The van der Waals surface area contributed by atoms with Gasteiger partial charge < -0.3 is 16.2 Å². The number of phenolic OH excluding ortho intramolecular Hbond substituents is 1. The molecule has 1 amide bonds. The maximum absolute atomic E-state index is 11.8. The fraction of sp³-hybridized carbons (Fsp3) is 0.385. The van der Waals surface area contributed by atoms with Crippen molar-refractivity contribution in [2.75, 3.05) is 6.54 Å². The molecule has 18 heavy (non-hydrogen) atoms. The lowest BCUT2D eigenvalue weighted by Crippen LogP contribution is -2.25. The smallest absolute Gasteiger partial charge is 0.251 e. The zero-order valence-corrected chi connectivity index (χ0v) is 11.2. The highest BCUT2D eigenvalue weighted by Gasteiger charge is 2.10. The largest absolute Gasteiger partial charge is 0.508 e. The maximum atomic E-state index is 11.8. The van der Waals surface area contributed by atoms with E-state index >= 15 is 0 Å². The molecule has 1 aromatic carbocycles. The van der Waals surface area contributed by atoms with Crippen LogP contribution in [0.15, 0.2) is 18.2 Å². The molecule has 0 aliphatic heterocycles. The van der Waals surface area contributed by atoms with Crippen LogP contribution >= 0.6 is 12.2 Å². The van der Waals surface area contributed by atoms with E-state index in [0.29, 0.717) is 29.1 Å². The number of hydrogen-bond donors (Lipinski definition) is 3.